The second-order valence-electron chi connectivity index (χ2n) is 6.95. The van der Waals surface area contributed by atoms with Crippen LogP contribution in [0.3, 0.4) is 0 Å². The van der Waals surface area contributed by atoms with E-state index in [4.69, 9.17) is 4.98 Å². The van der Waals surface area contributed by atoms with E-state index in [2.05, 4.69) is 40.5 Å². The van der Waals surface area contributed by atoms with Gasteiger partial charge in [-0.1, -0.05) is 30.3 Å². The van der Waals surface area contributed by atoms with E-state index in [1.165, 1.54) is 4.88 Å². The summed E-state index contributed by atoms with van der Waals surface area (Å²) >= 11 is 1.71. The van der Waals surface area contributed by atoms with E-state index in [-0.39, 0.29) is 24.4 Å². The first-order valence-corrected chi connectivity index (χ1v) is 10.1. The Bertz CT molecular complexity index is 769. The number of nitrogens with zero attached hydrogens (tertiary/aromatic N) is 1. The average molecular weight is 408 g/mol. The lowest BCUT2D eigenvalue weighted by atomic mass is 9.89. The zero-order valence-electron chi connectivity index (χ0n) is 15.3. The molecule has 6 nitrogen and oxygen atoms in total. The minimum Gasteiger partial charge on any atom is -0.354 e. The molecule has 2 aliphatic heterocycles. The molecule has 2 aliphatic rings. The van der Waals surface area contributed by atoms with Gasteiger partial charge in [0.2, 0.25) is 5.91 Å². The van der Waals surface area contributed by atoms with Crippen LogP contribution in [0, 0.1) is 12.8 Å². The van der Waals surface area contributed by atoms with Crippen molar-refractivity contribution in [1.29, 1.82) is 0 Å². The molecule has 4 rings (SSSR count). The van der Waals surface area contributed by atoms with E-state index in [9.17, 15) is 4.79 Å². The smallest absolute Gasteiger partial charge is 0.238 e. The van der Waals surface area contributed by atoms with Gasteiger partial charge < -0.3 is 10.6 Å². The molecule has 2 saturated heterocycles. The summed E-state index contributed by atoms with van der Waals surface area (Å²) in [5.74, 6) is 0.390. The number of aryl methyl sites for hydroxylation is 1. The summed E-state index contributed by atoms with van der Waals surface area (Å²) < 4.78 is 0. The summed E-state index contributed by atoms with van der Waals surface area (Å²) in [5, 5.41) is 7.52. The molecule has 3 atom stereocenters. The molecule has 4 N–H and O–H groups in total. The van der Waals surface area contributed by atoms with E-state index < -0.39 is 0 Å². The second-order valence-corrected chi connectivity index (χ2v) is 8.24. The van der Waals surface area contributed by atoms with Gasteiger partial charge in [0.05, 0.1) is 10.7 Å². The first kappa shape index (κ1) is 20.2. The molecule has 146 valence electrons. The third-order valence-electron chi connectivity index (χ3n) is 5.19. The first-order valence-electron chi connectivity index (χ1n) is 9.23. The van der Waals surface area contributed by atoms with Crippen LogP contribution in [0.25, 0.3) is 11.3 Å². The minimum absolute atomic E-state index is 0. The van der Waals surface area contributed by atoms with Crippen molar-refractivity contribution in [2.24, 2.45) is 5.92 Å². The highest BCUT2D eigenvalue weighted by atomic mass is 35.5. The molecule has 1 amide bonds. The van der Waals surface area contributed by atoms with E-state index in [0.29, 0.717) is 18.5 Å². The van der Waals surface area contributed by atoms with Crippen molar-refractivity contribution in [1.82, 2.24) is 26.5 Å². The number of benzene rings is 1. The Morgan fingerprint density at radius 3 is 2.93 bits per heavy atom. The monoisotopic (exact) mass is 407 g/mol. The molecule has 0 spiro atoms. The second kappa shape index (κ2) is 9.12. The van der Waals surface area contributed by atoms with Gasteiger partial charge in [-0.3, -0.25) is 10.2 Å². The molecular weight excluding hydrogens is 382 g/mol. The summed E-state index contributed by atoms with van der Waals surface area (Å²) in [5.41, 5.74) is 8.63. The minimum atomic E-state index is -0.161. The predicted octanol–water partition coefficient (Wildman–Crippen LogP) is 1.65. The Labute approximate surface area is 169 Å². The zero-order valence-corrected chi connectivity index (χ0v) is 17.0. The summed E-state index contributed by atoms with van der Waals surface area (Å²) in [4.78, 5) is 18.5. The molecular formula is C19H26ClN5OS. The van der Waals surface area contributed by atoms with Gasteiger partial charge in [-0.05, 0) is 19.9 Å². The molecule has 0 saturated carbocycles. The quantitative estimate of drug-likeness (QED) is 0.606. The molecule has 1 aromatic heterocycles. The van der Waals surface area contributed by atoms with E-state index in [1.807, 2.05) is 18.2 Å². The first-order chi connectivity index (χ1) is 12.7. The Kier molecular flexibility index (Phi) is 6.83. The van der Waals surface area contributed by atoms with Crippen LogP contribution in [-0.2, 0) is 11.2 Å². The fourth-order valence-electron chi connectivity index (χ4n) is 3.80. The van der Waals surface area contributed by atoms with Crippen LogP contribution >= 0.6 is 23.7 Å². The molecule has 0 aliphatic carbocycles. The van der Waals surface area contributed by atoms with Crippen LogP contribution in [0.1, 0.15) is 16.3 Å². The fourth-order valence-corrected chi connectivity index (χ4v) is 4.76. The molecule has 8 heteroatoms. The number of halogens is 1. The number of rotatable bonds is 5. The molecule has 3 unspecified atom stereocenters. The van der Waals surface area contributed by atoms with Crippen molar-refractivity contribution in [2.45, 2.75) is 31.8 Å². The zero-order chi connectivity index (χ0) is 17.9. The summed E-state index contributed by atoms with van der Waals surface area (Å²) in [6.07, 6.45) is 1.82. The number of piperidine rings is 1. The van der Waals surface area contributed by atoms with Crippen LogP contribution in [0.5, 0.6) is 0 Å². The molecule has 27 heavy (non-hydrogen) atoms. The molecule has 0 radical (unpaired) electrons. The van der Waals surface area contributed by atoms with Gasteiger partial charge in [0.1, 0.15) is 6.04 Å². The number of carbonyl (C=O) groups excluding carboxylic acids is 1. The van der Waals surface area contributed by atoms with Crippen molar-refractivity contribution >= 4 is 29.7 Å². The van der Waals surface area contributed by atoms with Crippen LogP contribution < -0.4 is 21.5 Å². The average Bonchev–Trinajstić information content (AvgIpc) is 3.26. The summed E-state index contributed by atoms with van der Waals surface area (Å²) in [6.45, 7) is 4.61. The largest absolute Gasteiger partial charge is 0.354 e. The van der Waals surface area contributed by atoms with Crippen molar-refractivity contribution < 1.29 is 4.79 Å². The van der Waals surface area contributed by atoms with Crippen molar-refractivity contribution in [3.05, 3.63) is 40.2 Å². The number of hydrazine groups is 1. The topological polar surface area (TPSA) is 78.1 Å². The number of aromatic nitrogens is 1. The predicted molar refractivity (Wildman–Crippen MR) is 111 cm³/mol. The highest BCUT2D eigenvalue weighted by molar-refractivity contribution is 7.12. The highest BCUT2D eigenvalue weighted by Crippen LogP contribution is 2.27. The van der Waals surface area contributed by atoms with E-state index in [0.717, 1.165) is 42.2 Å². The maximum atomic E-state index is 12.5. The lowest BCUT2D eigenvalue weighted by Gasteiger charge is -2.27. The number of hydrogen-bond donors (Lipinski definition) is 4. The van der Waals surface area contributed by atoms with Crippen molar-refractivity contribution in [3.8, 4) is 11.3 Å². The molecule has 2 fully saturated rings. The van der Waals surface area contributed by atoms with Gasteiger partial charge in [-0.2, -0.15) is 0 Å². The number of amides is 1. The maximum Gasteiger partial charge on any atom is 0.238 e. The standard InChI is InChI=1S/C19H25N5OS.ClH/c1-12-17(13-5-3-2-4-6-13)22-16(26-12)8-10-21-19(25)18-14-11-20-9-7-15(14)23-24-18;/h2-6,14-15,18,20,23-24H,7-11H2,1H3,(H,21,25);1H. The van der Waals surface area contributed by atoms with Crippen LogP contribution in [-0.4, -0.2) is 42.6 Å². The third kappa shape index (κ3) is 4.50. The van der Waals surface area contributed by atoms with Crippen LogP contribution in [0.2, 0.25) is 0 Å². The number of carbonyl (C=O) groups is 1. The number of thiazole rings is 1. The van der Waals surface area contributed by atoms with Gasteiger partial charge in [-0.25, -0.2) is 10.4 Å². The highest BCUT2D eigenvalue weighted by Gasteiger charge is 2.40. The SMILES string of the molecule is Cc1sc(CCNC(=O)C2NNC3CCNCC32)nc1-c1ccccc1.Cl. The number of hydrogen-bond acceptors (Lipinski definition) is 6. The van der Waals surface area contributed by atoms with Crippen LogP contribution in [0.15, 0.2) is 30.3 Å². The summed E-state index contributed by atoms with van der Waals surface area (Å²) in [6, 6.07) is 10.5. The van der Waals surface area contributed by atoms with Gasteiger partial charge in [0.25, 0.3) is 0 Å². The Balaban J connectivity index is 0.00000210. The maximum absolute atomic E-state index is 12.5. The summed E-state index contributed by atoms with van der Waals surface area (Å²) in [7, 11) is 0. The third-order valence-corrected chi connectivity index (χ3v) is 6.22. The van der Waals surface area contributed by atoms with Crippen LogP contribution in [0.4, 0.5) is 0 Å². The molecule has 2 aromatic rings. The van der Waals surface area contributed by atoms with Gasteiger partial charge >= 0.3 is 0 Å². The van der Waals surface area contributed by atoms with E-state index in [1.54, 1.807) is 11.3 Å². The van der Waals surface area contributed by atoms with Crippen molar-refractivity contribution in [3.63, 3.8) is 0 Å². The Hall–Kier alpha value is -1.51. The van der Waals surface area contributed by atoms with Crippen molar-refractivity contribution in [2.75, 3.05) is 19.6 Å². The van der Waals surface area contributed by atoms with E-state index >= 15 is 0 Å². The van der Waals surface area contributed by atoms with Gasteiger partial charge in [-0.15, -0.1) is 23.7 Å². The number of nitrogens with one attached hydrogen (secondary N) is 4. The van der Waals surface area contributed by atoms with Gasteiger partial charge in [0.15, 0.2) is 0 Å². The number of fused-ring (bicyclic) bond motifs is 1. The fraction of sp³-hybridized carbons (Fsp3) is 0.474. The molecule has 0 bridgehead atoms. The Morgan fingerprint density at radius 1 is 1.30 bits per heavy atom. The lowest BCUT2D eigenvalue weighted by Crippen LogP contribution is -2.49. The normalized spacial score (nSPS) is 24.1. The lowest BCUT2D eigenvalue weighted by molar-refractivity contribution is -0.123. The van der Waals surface area contributed by atoms with Gasteiger partial charge in [0, 0.05) is 41.9 Å². The molecule has 3 heterocycles. The molecule has 1 aromatic carbocycles. The Morgan fingerprint density at radius 2 is 2.11 bits per heavy atom.